The van der Waals surface area contributed by atoms with E-state index in [-0.39, 0.29) is 6.10 Å². The van der Waals surface area contributed by atoms with Crippen molar-refractivity contribution in [3.05, 3.63) is 48.0 Å². The SMILES string of the molecule is C=C1COC(C)(C)OC1Cc1ccccc1. The van der Waals surface area contributed by atoms with E-state index in [1.807, 2.05) is 32.0 Å². The summed E-state index contributed by atoms with van der Waals surface area (Å²) in [6.07, 6.45) is 0.929. The van der Waals surface area contributed by atoms with Crippen LogP contribution >= 0.6 is 0 Å². The highest BCUT2D eigenvalue weighted by Gasteiger charge is 2.31. The highest BCUT2D eigenvalue weighted by molar-refractivity contribution is 5.19. The summed E-state index contributed by atoms with van der Waals surface area (Å²) in [5.74, 6) is -0.499. The van der Waals surface area contributed by atoms with Gasteiger partial charge < -0.3 is 9.47 Å². The average molecular weight is 218 g/mol. The van der Waals surface area contributed by atoms with Gasteiger partial charge in [0.1, 0.15) is 0 Å². The predicted octanol–water partition coefficient (Wildman–Crippen LogP) is 2.94. The van der Waals surface area contributed by atoms with Crippen LogP contribution in [0, 0.1) is 0 Å². The maximum Gasteiger partial charge on any atom is 0.164 e. The summed E-state index contributed by atoms with van der Waals surface area (Å²) in [4.78, 5) is 0. The Balaban J connectivity index is 2.06. The Morgan fingerprint density at radius 1 is 1.31 bits per heavy atom. The van der Waals surface area contributed by atoms with Gasteiger partial charge in [0, 0.05) is 6.42 Å². The molecule has 1 saturated heterocycles. The predicted molar refractivity (Wildman–Crippen MR) is 64.2 cm³/mol. The summed E-state index contributed by atoms with van der Waals surface area (Å²) in [6.45, 7) is 8.48. The van der Waals surface area contributed by atoms with Crippen molar-refractivity contribution in [1.29, 1.82) is 0 Å². The molecule has 0 spiro atoms. The summed E-state index contributed by atoms with van der Waals surface area (Å²) in [7, 11) is 0. The third kappa shape index (κ3) is 2.71. The van der Waals surface area contributed by atoms with Crippen LogP contribution in [0.25, 0.3) is 0 Å². The molecule has 0 saturated carbocycles. The standard InChI is InChI=1S/C14H18O2/c1-11-10-15-14(2,3)16-13(11)9-12-7-5-4-6-8-12/h4-8,13H,1,9-10H2,2-3H3. The summed E-state index contributed by atoms with van der Waals surface area (Å²) < 4.78 is 11.4. The number of ether oxygens (including phenoxy) is 2. The maximum atomic E-state index is 5.87. The molecule has 2 rings (SSSR count). The van der Waals surface area contributed by atoms with Gasteiger partial charge in [-0.25, -0.2) is 0 Å². The van der Waals surface area contributed by atoms with Crippen molar-refractivity contribution < 1.29 is 9.47 Å². The number of rotatable bonds is 2. The zero-order chi connectivity index (χ0) is 11.6. The van der Waals surface area contributed by atoms with Gasteiger partial charge in [-0.15, -0.1) is 0 Å². The van der Waals surface area contributed by atoms with E-state index in [9.17, 15) is 0 Å². The van der Waals surface area contributed by atoms with Crippen molar-refractivity contribution in [2.24, 2.45) is 0 Å². The smallest absolute Gasteiger partial charge is 0.164 e. The van der Waals surface area contributed by atoms with E-state index in [0.29, 0.717) is 6.61 Å². The van der Waals surface area contributed by atoms with Gasteiger partial charge in [-0.05, 0) is 25.0 Å². The molecule has 1 aromatic rings. The van der Waals surface area contributed by atoms with E-state index in [2.05, 4.69) is 18.7 Å². The molecular formula is C14H18O2. The quantitative estimate of drug-likeness (QED) is 0.710. The Kier molecular flexibility index (Phi) is 3.13. The Hall–Kier alpha value is -1.12. The molecule has 1 aliphatic rings. The molecule has 1 atom stereocenters. The first-order valence-electron chi connectivity index (χ1n) is 5.60. The Morgan fingerprint density at radius 2 is 2.00 bits per heavy atom. The fraction of sp³-hybridized carbons (Fsp3) is 0.429. The monoisotopic (exact) mass is 218 g/mol. The molecule has 0 amide bonds. The van der Waals surface area contributed by atoms with Crippen LogP contribution in [-0.2, 0) is 15.9 Å². The molecule has 0 bridgehead atoms. The highest BCUT2D eigenvalue weighted by atomic mass is 16.7. The van der Waals surface area contributed by atoms with Crippen LogP contribution in [0.15, 0.2) is 42.5 Å². The molecular weight excluding hydrogens is 200 g/mol. The second-order valence-corrected chi connectivity index (χ2v) is 4.64. The number of hydrogen-bond acceptors (Lipinski definition) is 2. The van der Waals surface area contributed by atoms with Gasteiger partial charge in [-0.3, -0.25) is 0 Å². The van der Waals surface area contributed by atoms with E-state index in [1.165, 1.54) is 5.56 Å². The van der Waals surface area contributed by atoms with Gasteiger partial charge in [-0.2, -0.15) is 0 Å². The lowest BCUT2D eigenvalue weighted by Crippen LogP contribution is -2.42. The molecule has 86 valence electrons. The summed E-state index contributed by atoms with van der Waals surface area (Å²) in [5, 5.41) is 0. The third-order valence-corrected chi connectivity index (χ3v) is 2.75. The lowest BCUT2D eigenvalue weighted by Gasteiger charge is -2.37. The minimum absolute atomic E-state index is 0.0612. The van der Waals surface area contributed by atoms with Gasteiger partial charge in [0.05, 0.1) is 12.7 Å². The normalized spacial score (nSPS) is 24.4. The molecule has 1 unspecified atom stereocenters. The van der Waals surface area contributed by atoms with Crippen molar-refractivity contribution >= 4 is 0 Å². The van der Waals surface area contributed by atoms with E-state index in [4.69, 9.17) is 9.47 Å². The van der Waals surface area contributed by atoms with Crippen molar-refractivity contribution in [2.45, 2.75) is 32.2 Å². The minimum Gasteiger partial charge on any atom is -0.346 e. The Morgan fingerprint density at radius 3 is 2.69 bits per heavy atom. The Bertz CT molecular complexity index is 368. The fourth-order valence-corrected chi connectivity index (χ4v) is 1.83. The van der Waals surface area contributed by atoms with Gasteiger partial charge in [-0.1, -0.05) is 36.9 Å². The van der Waals surface area contributed by atoms with Crippen molar-refractivity contribution in [3.63, 3.8) is 0 Å². The lowest BCUT2D eigenvalue weighted by atomic mass is 10.0. The van der Waals surface area contributed by atoms with E-state index in [0.717, 1.165) is 12.0 Å². The first-order valence-corrected chi connectivity index (χ1v) is 5.60. The van der Waals surface area contributed by atoms with Gasteiger partial charge in [0.15, 0.2) is 5.79 Å². The minimum atomic E-state index is -0.499. The summed E-state index contributed by atoms with van der Waals surface area (Å²) >= 11 is 0. The molecule has 0 aromatic heterocycles. The van der Waals surface area contributed by atoms with E-state index in [1.54, 1.807) is 0 Å². The zero-order valence-electron chi connectivity index (χ0n) is 9.90. The van der Waals surface area contributed by atoms with E-state index >= 15 is 0 Å². The van der Waals surface area contributed by atoms with Crippen LogP contribution in [0.4, 0.5) is 0 Å². The molecule has 0 aliphatic carbocycles. The maximum absolute atomic E-state index is 5.87. The molecule has 16 heavy (non-hydrogen) atoms. The molecule has 1 aromatic carbocycles. The van der Waals surface area contributed by atoms with E-state index < -0.39 is 5.79 Å². The van der Waals surface area contributed by atoms with Crippen molar-refractivity contribution in [1.82, 2.24) is 0 Å². The summed E-state index contributed by atoms with van der Waals surface area (Å²) in [6, 6.07) is 10.3. The topological polar surface area (TPSA) is 18.5 Å². The molecule has 2 heteroatoms. The van der Waals surface area contributed by atoms with Gasteiger partial charge >= 0.3 is 0 Å². The first-order chi connectivity index (χ1) is 7.57. The molecule has 1 heterocycles. The molecule has 2 nitrogen and oxygen atoms in total. The molecule has 0 radical (unpaired) electrons. The van der Waals surface area contributed by atoms with Crippen LogP contribution < -0.4 is 0 Å². The van der Waals surface area contributed by atoms with Crippen LogP contribution in [0.1, 0.15) is 19.4 Å². The van der Waals surface area contributed by atoms with Gasteiger partial charge in [0.2, 0.25) is 0 Å². The second kappa shape index (κ2) is 4.40. The zero-order valence-corrected chi connectivity index (χ0v) is 9.90. The fourth-order valence-electron chi connectivity index (χ4n) is 1.83. The Labute approximate surface area is 96.9 Å². The first kappa shape index (κ1) is 11.4. The van der Waals surface area contributed by atoms with Crippen LogP contribution in [0.5, 0.6) is 0 Å². The summed E-state index contributed by atoms with van der Waals surface area (Å²) in [5.41, 5.74) is 2.29. The number of hydrogen-bond donors (Lipinski definition) is 0. The second-order valence-electron chi connectivity index (χ2n) is 4.64. The van der Waals surface area contributed by atoms with Gasteiger partial charge in [0.25, 0.3) is 0 Å². The van der Waals surface area contributed by atoms with Crippen molar-refractivity contribution in [3.8, 4) is 0 Å². The van der Waals surface area contributed by atoms with Crippen LogP contribution in [0.3, 0.4) is 0 Å². The molecule has 0 N–H and O–H groups in total. The largest absolute Gasteiger partial charge is 0.346 e. The lowest BCUT2D eigenvalue weighted by molar-refractivity contribution is -0.251. The van der Waals surface area contributed by atoms with Crippen molar-refractivity contribution in [2.75, 3.05) is 6.61 Å². The molecule has 1 fully saturated rings. The highest BCUT2D eigenvalue weighted by Crippen LogP contribution is 2.26. The van der Waals surface area contributed by atoms with Crippen LogP contribution in [0.2, 0.25) is 0 Å². The van der Waals surface area contributed by atoms with Crippen LogP contribution in [-0.4, -0.2) is 18.5 Å². The average Bonchev–Trinajstić information content (AvgIpc) is 2.25. The molecule has 1 aliphatic heterocycles. The number of benzene rings is 1. The third-order valence-electron chi connectivity index (χ3n) is 2.75.